The first-order valence-electron chi connectivity index (χ1n) is 5.70. The zero-order valence-electron chi connectivity index (χ0n) is 10.2. The quantitative estimate of drug-likeness (QED) is 0.811. The summed E-state index contributed by atoms with van der Waals surface area (Å²) in [6.45, 7) is 2.00. The molecule has 3 nitrogen and oxygen atoms in total. The Bertz CT molecular complexity index is 489. The largest absolute Gasteiger partial charge is 0.356 e. The lowest BCUT2D eigenvalue weighted by molar-refractivity contribution is -0.118. The third-order valence-corrected chi connectivity index (χ3v) is 2.33. The highest BCUT2D eigenvalue weighted by atomic mass is 19.1. The van der Waals surface area contributed by atoms with Gasteiger partial charge in [-0.25, -0.2) is 4.39 Å². The molecule has 0 fully saturated rings. The summed E-state index contributed by atoms with van der Waals surface area (Å²) in [6, 6.07) is 6.73. The van der Waals surface area contributed by atoms with Gasteiger partial charge in [-0.3, -0.25) is 4.79 Å². The number of amides is 1. The molecule has 0 saturated carbocycles. The molecular formula is C14H15FN2O. The molecule has 0 bridgehead atoms. The standard InChI is InChI=1S/C14H15FN2O/c1-11(18)17-9-3-2-4-13-6-5-12(7-8-16)10-14(13)15/h2,4-6,10H,3,7,9H2,1H3,(H,17,18). The van der Waals surface area contributed by atoms with Crippen LogP contribution in [0.5, 0.6) is 0 Å². The molecule has 0 radical (unpaired) electrons. The van der Waals surface area contributed by atoms with Crippen molar-refractivity contribution in [3.05, 3.63) is 41.2 Å². The summed E-state index contributed by atoms with van der Waals surface area (Å²) in [6.07, 6.45) is 4.34. The maximum Gasteiger partial charge on any atom is 0.216 e. The minimum atomic E-state index is -0.335. The van der Waals surface area contributed by atoms with E-state index in [-0.39, 0.29) is 18.1 Å². The van der Waals surface area contributed by atoms with Gasteiger partial charge in [0.2, 0.25) is 5.91 Å². The topological polar surface area (TPSA) is 52.9 Å². The number of rotatable bonds is 5. The van der Waals surface area contributed by atoms with Gasteiger partial charge in [0.05, 0.1) is 12.5 Å². The van der Waals surface area contributed by atoms with E-state index in [1.54, 1.807) is 24.3 Å². The van der Waals surface area contributed by atoms with Gasteiger partial charge >= 0.3 is 0 Å². The normalized spacial score (nSPS) is 10.3. The van der Waals surface area contributed by atoms with E-state index in [0.717, 1.165) is 0 Å². The molecule has 0 unspecified atom stereocenters. The van der Waals surface area contributed by atoms with Crippen molar-refractivity contribution in [1.82, 2.24) is 5.32 Å². The second-order valence-electron chi connectivity index (χ2n) is 3.86. The number of halogens is 1. The lowest BCUT2D eigenvalue weighted by Gasteiger charge is -2.00. The van der Waals surface area contributed by atoms with Gasteiger partial charge in [0, 0.05) is 19.0 Å². The van der Waals surface area contributed by atoms with E-state index in [1.165, 1.54) is 13.0 Å². The molecule has 0 spiro atoms. The Morgan fingerprint density at radius 1 is 1.56 bits per heavy atom. The highest BCUT2D eigenvalue weighted by molar-refractivity contribution is 5.72. The Labute approximate surface area is 106 Å². The molecule has 1 aromatic carbocycles. The molecule has 1 amide bonds. The number of nitrogens with zero attached hydrogens (tertiary/aromatic N) is 1. The maximum atomic E-state index is 13.6. The van der Waals surface area contributed by atoms with Gasteiger partial charge in [0.25, 0.3) is 0 Å². The number of carbonyl (C=O) groups excluding carboxylic acids is 1. The summed E-state index contributed by atoms with van der Waals surface area (Å²) in [5.74, 6) is -0.408. The Balaban J connectivity index is 2.54. The van der Waals surface area contributed by atoms with Gasteiger partial charge in [-0.2, -0.15) is 5.26 Å². The molecule has 0 aliphatic heterocycles. The van der Waals surface area contributed by atoms with Crippen LogP contribution in [0.2, 0.25) is 0 Å². The van der Waals surface area contributed by atoms with Crippen LogP contribution in [0, 0.1) is 17.1 Å². The number of nitrogens with one attached hydrogen (secondary N) is 1. The Morgan fingerprint density at radius 2 is 2.33 bits per heavy atom. The molecule has 18 heavy (non-hydrogen) atoms. The average molecular weight is 246 g/mol. The lowest BCUT2D eigenvalue weighted by Crippen LogP contribution is -2.20. The van der Waals surface area contributed by atoms with E-state index in [9.17, 15) is 9.18 Å². The van der Waals surface area contributed by atoms with Crippen LogP contribution in [0.25, 0.3) is 6.08 Å². The average Bonchev–Trinajstić information content (AvgIpc) is 2.31. The lowest BCUT2D eigenvalue weighted by atomic mass is 10.1. The predicted octanol–water partition coefficient (Wildman–Crippen LogP) is 2.43. The number of hydrogen-bond acceptors (Lipinski definition) is 2. The van der Waals surface area contributed by atoms with Gasteiger partial charge in [-0.1, -0.05) is 24.3 Å². The summed E-state index contributed by atoms with van der Waals surface area (Å²) in [4.78, 5) is 10.6. The van der Waals surface area contributed by atoms with Gasteiger partial charge in [0.1, 0.15) is 5.82 Å². The molecule has 0 saturated heterocycles. The van der Waals surface area contributed by atoms with Crippen LogP contribution in [0.15, 0.2) is 24.3 Å². The Hall–Kier alpha value is -2.15. The zero-order valence-corrected chi connectivity index (χ0v) is 10.2. The molecular weight excluding hydrogens is 231 g/mol. The minimum absolute atomic E-state index is 0.0737. The van der Waals surface area contributed by atoms with Crippen LogP contribution in [0.1, 0.15) is 24.5 Å². The van der Waals surface area contributed by atoms with E-state index in [0.29, 0.717) is 24.1 Å². The first-order valence-corrected chi connectivity index (χ1v) is 5.70. The van der Waals surface area contributed by atoms with E-state index in [2.05, 4.69) is 5.32 Å². The minimum Gasteiger partial charge on any atom is -0.356 e. The predicted molar refractivity (Wildman–Crippen MR) is 68.1 cm³/mol. The fourth-order valence-electron chi connectivity index (χ4n) is 1.45. The second-order valence-corrected chi connectivity index (χ2v) is 3.86. The summed E-state index contributed by atoms with van der Waals surface area (Å²) < 4.78 is 13.6. The van der Waals surface area contributed by atoms with Crippen molar-refractivity contribution in [1.29, 1.82) is 5.26 Å². The van der Waals surface area contributed by atoms with E-state index in [4.69, 9.17) is 5.26 Å². The van der Waals surface area contributed by atoms with Gasteiger partial charge in [-0.15, -0.1) is 0 Å². The first-order chi connectivity index (χ1) is 8.63. The number of benzene rings is 1. The second kappa shape index (κ2) is 7.23. The van der Waals surface area contributed by atoms with E-state index in [1.807, 2.05) is 6.07 Å². The van der Waals surface area contributed by atoms with Crippen molar-refractivity contribution in [2.24, 2.45) is 0 Å². The third-order valence-electron chi connectivity index (χ3n) is 2.33. The molecule has 0 heterocycles. The van der Waals surface area contributed by atoms with Crippen molar-refractivity contribution in [3.63, 3.8) is 0 Å². The third kappa shape index (κ3) is 4.79. The van der Waals surface area contributed by atoms with Crippen LogP contribution in [0.4, 0.5) is 4.39 Å². The Morgan fingerprint density at radius 3 is 2.94 bits per heavy atom. The fourth-order valence-corrected chi connectivity index (χ4v) is 1.45. The summed E-state index contributed by atoms with van der Waals surface area (Å²) in [5, 5.41) is 11.2. The van der Waals surface area contributed by atoms with Crippen molar-refractivity contribution < 1.29 is 9.18 Å². The molecule has 0 aliphatic carbocycles. The highest BCUT2D eigenvalue weighted by Gasteiger charge is 2.00. The smallest absolute Gasteiger partial charge is 0.216 e. The first kappa shape index (κ1) is 13.9. The van der Waals surface area contributed by atoms with Crippen LogP contribution < -0.4 is 5.32 Å². The van der Waals surface area contributed by atoms with Crippen molar-refractivity contribution in [3.8, 4) is 6.07 Å². The number of carbonyl (C=O) groups is 1. The van der Waals surface area contributed by atoms with Crippen LogP contribution in [-0.2, 0) is 11.2 Å². The molecule has 0 aromatic heterocycles. The summed E-state index contributed by atoms with van der Waals surface area (Å²) in [5.41, 5.74) is 1.16. The highest BCUT2D eigenvalue weighted by Crippen LogP contribution is 2.12. The number of nitriles is 1. The molecule has 1 aromatic rings. The van der Waals surface area contributed by atoms with Gasteiger partial charge in [-0.05, 0) is 18.1 Å². The van der Waals surface area contributed by atoms with Crippen LogP contribution in [0.3, 0.4) is 0 Å². The van der Waals surface area contributed by atoms with Crippen molar-refractivity contribution in [2.45, 2.75) is 19.8 Å². The van der Waals surface area contributed by atoms with Crippen molar-refractivity contribution >= 4 is 12.0 Å². The fraction of sp³-hybridized carbons (Fsp3) is 0.286. The van der Waals surface area contributed by atoms with E-state index < -0.39 is 0 Å². The SMILES string of the molecule is CC(=O)NCCC=Cc1ccc(CC#N)cc1F. The van der Waals surface area contributed by atoms with Crippen molar-refractivity contribution in [2.75, 3.05) is 6.54 Å². The molecule has 0 aliphatic rings. The molecule has 0 atom stereocenters. The number of hydrogen-bond donors (Lipinski definition) is 1. The zero-order chi connectivity index (χ0) is 13.4. The van der Waals surface area contributed by atoms with Crippen LogP contribution >= 0.6 is 0 Å². The monoisotopic (exact) mass is 246 g/mol. The molecule has 1 N–H and O–H groups in total. The van der Waals surface area contributed by atoms with Gasteiger partial charge < -0.3 is 5.32 Å². The van der Waals surface area contributed by atoms with E-state index >= 15 is 0 Å². The maximum absolute atomic E-state index is 13.6. The van der Waals surface area contributed by atoms with Gasteiger partial charge in [0.15, 0.2) is 0 Å². The Kier molecular flexibility index (Phi) is 5.59. The summed E-state index contributed by atoms with van der Waals surface area (Å²) >= 11 is 0. The summed E-state index contributed by atoms with van der Waals surface area (Å²) in [7, 11) is 0. The molecule has 4 heteroatoms. The van der Waals surface area contributed by atoms with Crippen LogP contribution in [-0.4, -0.2) is 12.5 Å². The molecule has 94 valence electrons. The molecule has 1 rings (SSSR count).